The Bertz CT molecular complexity index is 1100. The van der Waals surface area contributed by atoms with Gasteiger partial charge in [0.15, 0.2) is 0 Å². The minimum atomic E-state index is -1.19. The second kappa shape index (κ2) is 10.8. The van der Waals surface area contributed by atoms with Gasteiger partial charge in [-0.05, 0) is 35.9 Å². The average Bonchev–Trinajstić information content (AvgIpc) is 2.76. The smallest absolute Gasteiger partial charge is 0.339 e. The zero-order chi connectivity index (χ0) is 23.1. The van der Waals surface area contributed by atoms with Gasteiger partial charge in [-0.2, -0.15) is 0 Å². The maximum atomic E-state index is 13.0. The number of carbonyl (C=O) groups is 3. The molecule has 0 aliphatic heterocycles. The molecule has 0 heterocycles. The van der Waals surface area contributed by atoms with E-state index in [1.165, 1.54) is 6.92 Å². The predicted octanol–water partition coefficient (Wildman–Crippen LogP) is 5.17. The van der Waals surface area contributed by atoms with Gasteiger partial charge in [-0.1, -0.05) is 65.7 Å². The van der Waals surface area contributed by atoms with E-state index in [1.807, 2.05) is 0 Å². The molecule has 0 bridgehead atoms. The number of ether oxygens (including phenoxy) is 1. The Morgan fingerprint density at radius 3 is 2.12 bits per heavy atom. The topological polar surface area (TPSA) is 84.5 Å². The van der Waals surface area contributed by atoms with E-state index in [1.54, 1.807) is 72.8 Å². The fourth-order valence-electron chi connectivity index (χ4n) is 2.89. The molecule has 164 valence electrons. The van der Waals surface area contributed by atoms with E-state index >= 15 is 0 Å². The molecule has 0 fully saturated rings. The Labute approximate surface area is 195 Å². The number of nitrogens with one attached hydrogen (secondary N) is 2. The number of benzene rings is 3. The van der Waals surface area contributed by atoms with Gasteiger partial charge in [-0.3, -0.25) is 9.59 Å². The molecule has 0 saturated carbocycles. The van der Waals surface area contributed by atoms with E-state index in [2.05, 4.69) is 10.6 Å². The van der Waals surface area contributed by atoms with Crippen LogP contribution in [0.1, 0.15) is 34.5 Å². The monoisotopic (exact) mass is 470 g/mol. The lowest BCUT2D eigenvalue weighted by molar-refractivity contribution is -0.125. The molecule has 0 saturated heterocycles. The molecule has 0 spiro atoms. The summed E-state index contributed by atoms with van der Waals surface area (Å²) in [7, 11) is 0. The van der Waals surface area contributed by atoms with Gasteiger partial charge in [0.25, 0.3) is 5.91 Å². The molecule has 32 heavy (non-hydrogen) atoms. The van der Waals surface area contributed by atoms with E-state index < -0.39 is 18.0 Å². The van der Waals surface area contributed by atoms with Gasteiger partial charge in [0.05, 0.1) is 5.56 Å². The number of hydrogen-bond acceptors (Lipinski definition) is 4. The van der Waals surface area contributed by atoms with Crippen molar-refractivity contribution >= 4 is 46.7 Å². The van der Waals surface area contributed by atoms with Crippen molar-refractivity contribution in [1.29, 1.82) is 0 Å². The third kappa shape index (κ3) is 6.57. The molecule has 1 unspecified atom stereocenters. The van der Waals surface area contributed by atoms with Crippen molar-refractivity contribution in [1.82, 2.24) is 5.32 Å². The highest BCUT2D eigenvalue weighted by Gasteiger charge is 2.26. The third-order valence-electron chi connectivity index (χ3n) is 4.43. The molecular formula is C24H20Cl2N2O4. The number of carbonyl (C=O) groups excluding carboxylic acids is 3. The maximum absolute atomic E-state index is 13.0. The Hall–Kier alpha value is -3.35. The number of amides is 2. The fraction of sp³-hybridized carbons (Fsp3) is 0.125. The van der Waals surface area contributed by atoms with Gasteiger partial charge < -0.3 is 15.4 Å². The predicted molar refractivity (Wildman–Crippen MR) is 124 cm³/mol. The van der Waals surface area contributed by atoms with Crippen molar-refractivity contribution in [2.24, 2.45) is 0 Å². The van der Waals surface area contributed by atoms with Crippen molar-refractivity contribution in [2.45, 2.75) is 19.6 Å². The number of rotatable bonds is 7. The van der Waals surface area contributed by atoms with Crippen LogP contribution < -0.4 is 10.6 Å². The first kappa shape index (κ1) is 23.3. The molecule has 0 radical (unpaired) electrons. The summed E-state index contributed by atoms with van der Waals surface area (Å²) in [5.74, 6) is -1.36. The van der Waals surface area contributed by atoms with E-state index in [-0.39, 0.29) is 11.5 Å². The second-order valence-corrected chi connectivity index (χ2v) is 7.82. The molecule has 3 aromatic carbocycles. The van der Waals surface area contributed by atoms with Crippen molar-refractivity contribution in [3.8, 4) is 0 Å². The van der Waals surface area contributed by atoms with Crippen LogP contribution in [0.4, 0.5) is 5.69 Å². The van der Waals surface area contributed by atoms with Crippen LogP contribution in [0.15, 0.2) is 72.8 Å². The van der Waals surface area contributed by atoms with E-state index in [0.717, 1.165) is 5.56 Å². The number of anilines is 1. The largest absolute Gasteiger partial charge is 0.444 e. The lowest BCUT2D eigenvalue weighted by atomic mass is 10.1. The van der Waals surface area contributed by atoms with Gasteiger partial charge in [0, 0.05) is 34.8 Å². The SMILES string of the molecule is CC(=O)NCc1ccc(C(=O)OC(C(=O)Nc2cc(Cl)cc(Cl)c2)c2ccccc2)cc1. The molecule has 3 rings (SSSR count). The zero-order valence-electron chi connectivity index (χ0n) is 17.1. The first-order valence-electron chi connectivity index (χ1n) is 9.68. The molecule has 0 aliphatic carbocycles. The number of esters is 1. The second-order valence-electron chi connectivity index (χ2n) is 6.95. The molecular weight excluding hydrogens is 451 g/mol. The van der Waals surface area contributed by atoms with Crippen molar-refractivity contribution in [2.75, 3.05) is 5.32 Å². The highest BCUT2D eigenvalue weighted by Crippen LogP contribution is 2.25. The van der Waals surface area contributed by atoms with E-state index in [4.69, 9.17) is 27.9 Å². The Morgan fingerprint density at radius 1 is 0.906 bits per heavy atom. The molecule has 8 heteroatoms. The van der Waals surface area contributed by atoms with Crippen LogP contribution in [0.2, 0.25) is 10.0 Å². The molecule has 0 aromatic heterocycles. The third-order valence-corrected chi connectivity index (χ3v) is 4.86. The van der Waals surface area contributed by atoms with Crippen LogP contribution in [-0.2, 0) is 20.9 Å². The standard InChI is InChI=1S/C24H20Cl2N2O4/c1-15(29)27-14-16-7-9-18(10-8-16)24(31)32-22(17-5-3-2-4-6-17)23(30)28-21-12-19(25)11-20(26)13-21/h2-13,22H,14H2,1H3,(H,27,29)(H,28,30). The van der Waals surface area contributed by atoms with Crippen LogP contribution in [0.5, 0.6) is 0 Å². The van der Waals surface area contributed by atoms with Gasteiger partial charge >= 0.3 is 5.97 Å². The summed E-state index contributed by atoms with van der Waals surface area (Å²) in [4.78, 5) is 36.8. The highest BCUT2D eigenvalue weighted by molar-refractivity contribution is 6.35. The van der Waals surface area contributed by atoms with Gasteiger partial charge in [-0.15, -0.1) is 0 Å². The number of halogens is 2. The van der Waals surface area contributed by atoms with Crippen molar-refractivity contribution in [3.05, 3.63) is 99.5 Å². The van der Waals surface area contributed by atoms with Crippen LogP contribution >= 0.6 is 23.2 Å². The first-order chi connectivity index (χ1) is 15.3. The number of hydrogen-bond donors (Lipinski definition) is 2. The average molecular weight is 471 g/mol. The minimum Gasteiger partial charge on any atom is -0.444 e. The molecule has 1 atom stereocenters. The van der Waals surface area contributed by atoms with E-state index in [9.17, 15) is 14.4 Å². The van der Waals surface area contributed by atoms with Crippen LogP contribution in [0.3, 0.4) is 0 Å². The van der Waals surface area contributed by atoms with Crippen molar-refractivity contribution in [3.63, 3.8) is 0 Å². The summed E-state index contributed by atoms with van der Waals surface area (Å²) in [6, 6.07) is 19.9. The summed E-state index contributed by atoms with van der Waals surface area (Å²) < 4.78 is 5.57. The van der Waals surface area contributed by atoms with Gasteiger partial charge in [0.2, 0.25) is 12.0 Å². The van der Waals surface area contributed by atoms with Crippen LogP contribution in [0, 0.1) is 0 Å². The quantitative estimate of drug-likeness (QED) is 0.466. The Morgan fingerprint density at radius 2 is 1.53 bits per heavy atom. The van der Waals surface area contributed by atoms with Gasteiger partial charge in [0.1, 0.15) is 0 Å². The minimum absolute atomic E-state index is 0.147. The Kier molecular flexibility index (Phi) is 7.87. The molecule has 2 amide bonds. The highest BCUT2D eigenvalue weighted by atomic mass is 35.5. The Balaban J connectivity index is 1.78. The van der Waals surface area contributed by atoms with Crippen LogP contribution in [-0.4, -0.2) is 17.8 Å². The van der Waals surface area contributed by atoms with Crippen LogP contribution in [0.25, 0.3) is 0 Å². The molecule has 0 aliphatic rings. The molecule has 3 aromatic rings. The summed E-state index contributed by atoms with van der Waals surface area (Å²) in [5, 5.41) is 6.10. The van der Waals surface area contributed by atoms with Gasteiger partial charge in [-0.25, -0.2) is 4.79 Å². The molecule has 2 N–H and O–H groups in total. The summed E-state index contributed by atoms with van der Waals surface area (Å²) in [5.41, 5.74) is 1.99. The first-order valence-corrected chi connectivity index (χ1v) is 10.4. The maximum Gasteiger partial charge on any atom is 0.339 e. The van der Waals surface area contributed by atoms with E-state index in [0.29, 0.717) is 27.8 Å². The normalized spacial score (nSPS) is 11.3. The lowest BCUT2D eigenvalue weighted by Gasteiger charge is -2.18. The fourth-order valence-corrected chi connectivity index (χ4v) is 3.42. The summed E-state index contributed by atoms with van der Waals surface area (Å²) in [6.45, 7) is 1.78. The lowest BCUT2D eigenvalue weighted by Crippen LogP contribution is -2.26. The summed E-state index contributed by atoms with van der Waals surface area (Å²) in [6.07, 6.45) is -1.19. The molecule has 6 nitrogen and oxygen atoms in total. The van der Waals surface area contributed by atoms with Crippen molar-refractivity contribution < 1.29 is 19.1 Å². The summed E-state index contributed by atoms with van der Waals surface area (Å²) >= 11 is 12.0. The zero-order valence-corrected chi connectivity index (χ0v) is 18.6.